The minimum absolute atomic E-state index is 0.0945. The number of piperidine rings is 1. The second kappa shape index (κ2) is 7.37. The van der Waals surface area contributed by atoms with Crippen molar-refractivity contribution in [3.8, 4) is 5.69 Å². The Labute approximate surface area is 150 Å². The Balaban J connectivity index is 1.94. The fraction of sp³-hybridized carbons (Fsp3) is 0.500. The van der Waals surface area contributed by atoms with Gasteiger partial charge in [-0.3, -0.25) is 5.01 Å². The lowest BCUT2D eigenvalue weighted by Gasteiger charge is -2.39. The second-order valence-corrected chi connectivity index (χ2v) is 6.68. The maximum absolute atomic E-state index is 12.9. The molecule has 0 atom stereocenters. The number of hydrogen-bond acceptors (Lipinski definition) is 5. The van der Waals surface area contributed by atoms with E-state index >= 15 is 0 Å². The lowest BCUT2D eigenvalue weighted by atomic mass is 10.1. The van der Waals surface area contributed by atoms with Crippen LogP contribution in [0.4, 0.5) is 4.79 Å². The number of halogens is 1. The van der Waals surface area contributed by atoms with E-state index in [9.17, 15) is 9.59 Å². The summed E-state index contributed by atoms with van der Waals surface area (Å²) in [4.78, 5) is 25.6. The Morgan fingerprint density at radius 2 is 1.84 bits per heavy atom. The molecule has 1 aliphatic heterocycles. The van der Waals surface area contributed by atoms with Crippen molar-refractivity contribution >= 4 is 17.6 Å². The largest absolute Gasteiger partial charge is 0.377 e. The molecule has 0 unspecified atom stereocenters. The molecule has 0 aliphatic carbocycles. The fourth-order valence-electron chi connectivity index (χ4n) is 3.00. The van der Waals surface area contributed by atoms with Crippen molar-refractivity contribution in [3.63, 3.8) is 0 Å². The van der Waals surface area contributed by atoms with Crippen molar-refractivity contribution < 1.29 is 4.79 Å². The zero-order valence-corrected chi connectivity index (χ0v) is 15.1. The third-order valence-corrected chi connectivity index (χ3v) is 4.49. The van der Waals surface area contributed by atoms with Crippen LogP contribution in [-0.2, 0) is 0 Å². The smallest absolute Gasteiger partial charge is 0.252 e. The molecule has 0 radical (unpaired) electrons. The molecule has 1 aliphatic rings. The molecule has 0 spiro atoms. The van der Waals surface area contributed by atoms with Crippen LogP contribution >= 0.6 is 11.6 Å². The molecule has 1 saturated heterocycles. The van der Waals surface area contributed by atoms with Gasteiger partial charge in [-0.15, -0.1) is 4.68 Å². The first-order valence-electron chi connectivity index (χ1n) is 8.39. The van der Waals surface area contributed by atoms with E-state index in [2.05, 4.69) is 10.4 Å². The maximum Gasteiger partial charge on any atom is 0.377 e. The van der Waals surface area contributed by atoms with Gasteiger partial charge in [-0.25, -0.2) is 14.6 Å². The SMILES string of the molecule is CC(C)N(C(=O)n1nnn(-c2ccccc2Cl)c1=O)N1CCCCC1. The molecule has 9 heteroatoms. The average molecular weight is 365 g/mol. The molecule has 0 bridgehead atoms. The van der Waals surface area contributed by atoms with Gasteiger partial charge < -0.3 is 0 Å². The number of nitrogens with zero attached hydrogens (tertiary/aromatic N) is 6. The number of benzene rings is 1. The van der Waals surface area contributed by atoms with Gasteiger partial charge in [0, 0.05) is 19.1 Å². The molecule has 1 amide bonds. The van der Waals surface area contributed by atoms with E-state index in [1.54, 1.807) is 29.3 Å². The molecule has 0 N–H and O–H groups in total. The first-order chi connectivity index (χ1) is 12.0. The Bertz CT molecular complexity index is 809. The van der Waals surface area contributed by atoms with Crippen molar-refractivity contribution in [2.24, 2.45) is 0 Å². The van der Waals surface area contributed by atoms with Gasteiger partial charge in [-0.2, -0.15) is 4.68 Å². The summed E-state index contributed by atoms with van der Waals surface area (Å²) < 4.78 is 1.83. The number of para-hydroxylation sites is 1. The summed E-state index contributed by atoms with van der Waals surface area (Å²) in [6.07, 6.45) is 3.20. The highest BCUT2D eigenvalue weighted by Gasteiger charge is 2.29. The van der Waals surface area contributed by atoms with Crippen LogP contribution in [0.15, 0.2) is 29.1 Å². The Hall–Kier alpha value is -2.19. The van der Waals surface area contributed by atoms with Crippen LogP contribution in [-0.4, -0.2) is 55.0 Å². The summed E-state index contributed by atoms with van der Waals surface area (Å²) in [7, 11) is 0. The quantitative estimate of drug-likeness (QED) is 0.780. The zero-order chi connectivity index (χ0) is 18.0. The van der Waals surface area contributed by atoms with E-state index in [-0.39, 0.29) is 6.04 Å². The molecule has 0 saturated carbocycles. The molecule has 1 aromatic heterocycles. The van der Waals surface area contributed by atoms with Crippen LogP contribution in [0.3, 0.4) is 0 Å². The Kier molecular flexibility index (Phi) is 5.19. The summed E-state index contributed by atoms with van der Waals surface area (Å²) in [5.41, 5.74) is -0.247. The molecular formula is C16H21ClN6O2. The molecular weight excluding hydrogens is 344 g/mol. The van der Waals surface area contributed by atoms with E-state index < -0.39 is 11.7 Å². The minimum Gasteiger partial charge on any atom is -0.252 e. The first-order valence-corrected chi connectivity index (χ1v) is 8.77. The lowest BCUT2D eigenvalue weighted by molar-refractivity contribution is -0.0242. The predicted molar refractivity (Wildman–Crippen MR) is 93.8 cm³/mol. The number of tetrazole rings is 1. The van der Waals surface area contributed by atoms with Gasteiger partial charge in [0.05, 0.1) is 10.7 Å². The van der Waals surface area contributed by atoms with E-state index in [1.807, 2.05) is 18.9 Å². The maximum atomic E-state index is 12.9. The average Bonchev–Trinajstić information content (AvgIpc) is 2.97. The third kappa shape index (κ3) is 3.45. The molecule has 8 nitrogen and oxygen atoms in total. The van der Waals surface area contributed by atoms with Gasteiger partial charge in [0.2, 0.25) is 0 Å². The lowest BCUT2D eigenvalue weighted by Crippen LogP contribution is -2.55. The summed E-state index contributed by atoms with van der Waals surface area (Å²) in [6.45, 7) is 5.40. The predicted octanol–water partition coefficient (Wildman–Crippen LogP) is 2.16. The van der Waals surface area contributed by atoms with E-state index in [0.717, 1.165) is 41.7 Å². The standard InChI is InChI=1S/C16H21ClN6O2/c1-12(2)23(20-10-6-3-7-11-20)16(25)22-15(24)21(18-19-22)14-9-5-4-8-13(14)17/h4-5,8-9,12H,3,6-7,10-11H2,1-2H3. The second-order valence-electron chi connectivity index (χ2n) is 6.27. The fourth-order valence-corrected chi connectivity index (χ4v) is 3.22. The number of hydrogen-bond donors (Lipinski definition) is 0. The van der Waals surface area contributed by atoms with E-state index in [0.29, 0.717) is 10.7 Å². The topological polar surface area (TPSA) is 76.3 Å². The van der Waals surface area contributed by atoms with Crippen LogP contribution in [0.1, 0.15) is 33.1 Å². The third-order valence-electron chi connectivity index (χ3n) is 4.17. The number of carbonyl (C=O) groups is 1. The number of carbonyl (C=O) groups excluding carboxylic acids is 1. The summed E-state index contributed by atoms with van der Waals surface area (Å²) >= 11 is 6.11. The molecule has 2 heterocycles. The van der Waals surface area contributed by atoms with Gasteiger partial charge >= 0.3 is 11.7 Å². The zero-order valence-electron chi connectivity index (χ0n) is 14.3. The van der Waals surface area contributed by atoms with Gasteiger partial charge in [0.1, 0.15) is 0 Å². The number of aromatic nitrogens is 4. The number of hydrazine groups is 1. The van der Waals surface area contributed by atoms with Gasteiger partial charge in [-0.05, 0) is 49.2 Å². The molecule has 1 aromatic carbocycles. The van der Waals surface area contributed by atoms with Crippen molar-refractivity contribution in [1.82, 2.24) is 29.8 Å². The van der Waals surface area contributed by atoms with Crippen molar-refractivity contribution in [2.45, 2.75) is 39.2 Å². The highest BCUT2D eigenvalue weighted by atomic mass is 35.5. The van der Waals surface area contributed by atoms with Crippen LogP contribution in [0.5, 0.6) is 0 Å². The summed E-state index contributed by atoms with van der Waals surface area (Å²) in [5.74, 6) is 0. The first kappa shape index (κ1) is 17.6. The van der Waals surface area contributed by atoms with Crippen LogP contribution in [0.25, 0.3) is 5.69 Å². The highest BCUT2D eigenvalue weighted by molar-refractivity contribution is 6.32. The molecule has 1 fully saturated rings. The van der Waals surface area contributed by atoms with Gasteiger partial charge in [0.25, 0.3) is 0 Å². The Morgan fingerprint density at radius 3 is 2.48 bits per heavy atom. The van der Waals surface area contributed by atoms with Crippen molar-refractivity contribution in [2.75, 3.05) is 13.1 Å². The number of amides is 1. The molecule has 3 rings (SSSR count). The van der Waals surface area contributed by atoms with Crippen molar-refractivity contribution in [3.05, 3.63) is 39.8 Å². The number of rotatable bonds is 3. The van der Waals surface area contributed by atoms with Crippen LogP contribution < -0.4 is 5.69 Å². The Morgan fingerprint density at radius 1 is 1.16 bits per heavy atom. The van der Waals surface area contributed by atoms with Gasteiger partial charge in [0.15, 0.2) is 0 Å². The van der Waals surface area contributed by atoms with Crippen LogP contribution in [0, 0.1) is 0 Å². The normalized spacial score (nSPS) is 15.5. The summed E-state index contributed by atoms with van der Waals surface area (Å²) in [5, 5.41) is 11.5. The monoisotopic (exact) mass is 364 g/mol. The minimum atomic E-state index is -0.638. The summed E-state index contributed by atoms with van der Waals surface area (Å²) in [6, 6.07) is 6.20. The highest BCUT2D eigenvalue weighted by Crippen LogP contribution is 2.17. The van der Waals surface area contributed by atoms with E-state index in [4.69, 9.17) is 11.6 Å². The van der Waals surface area contributed by atoms with E-state index in [1.165, 1.54) is 0 Å². The molecule has 134 valence electrons. The molecule has 2 aromatic rings. The van der Waals surface area contributed by atoms with Gasteiger partial charge in [-0.1, -0.05) is 30.2 Å². The van der Waals surface area contributed by atoms with Crippen LogP contribution in [0.2, 0.25) is 5.02 Å². The van der Waals surface area contributed by atoms with Crippen molar-refractivity contribution in [1.29, 1.82) is 0 Å². The molecule has 25 heavy (non-hydrogen) atoms.